The highest BCUT2D eigenvalue weighted by Gasteiger charge is 2.05. The van der Waals surface area contributed by atoms with Crippen LogP contribution in [0.4, 0.5) is 0 Å². The summed E-state index contributed by atoms with van der Waals surface area (Å²) in [5, 5.41) is 4.80. The Morgan fingerprint density at radius 1 is 1.29 bits per heavy atom. The van der Waals surface area contributed by atoms with E-state index in [4.69, 9.17) is 9.47 Å². The van der Waals surface area contributed by atoms with Gasteiger partial charge >= 0.3 is 0 Å². The predicted octanol–water partition coefficient (Wildman–Crippen LogP) is 3.09. The molecule has 0 aliphatic carbocycles. The van der Waals surface area contributed by atoms with Crippen LogP contribution < -0.4 is 14.8 Å². The van der Waals surface area contributed by atoms with Crippen LogP contribution >= 0.6 is 11.3 Å². The maximum absolute atomic E-state index is 11.8. The molecular weight excluding hydrogens is 286 g/mol. The predicted molar refractivity (Wildman–Crippen MR) is 84.7 cm³/mol. The molecule has 0 aliphatic heterocycles. The van der Waals surface area contributed by atoms with E-state index < -0.39 is 0 Å². The van der Waals surface area contributed by atoms with Crippen LogP contribution in [0.3, 0.4) is 0 Å². The lowest BCUT2D eigenvalue weighted by Crippen LogP contribution is -2.20. The van der Waals surface area contributed by atoms with Crippen LogP contribution in [0.5, 0.6) is 11.5 Å². The highest BCUT2D eigenvalue weighted by atomic mass is 32.1. The third-order valence-electron chi connectivity index (χ3n) is 2.89. The highest BCUT2D eigenvalue weighted by molar-refractivity contribution is 7.10. The number of rotatable bonds is 6. The Labute approximate surface area is 128 Å². The Hall–Kier alpha value is -2.27. The molecular formula is C16H17NO3S. The van der Waals surface area contributed by atoms with Crippen molar-refractivity contribution in [3.63, 3.8) is 0 Å². The first-order chi connectivity index (χ1) is 10.2. The molecule has 0 atom stereocenters. The van der Waals surface area contributed by atoms with Crippen molar-refractivity contribution in [1.29, 1.82) is 0 Å². The van der Waals surface area contributed by atoms with Gasteiger partial charge in [-0.1, -0.05) is 6.07 Å². The number of carbonyl (C=O) groups is 1. The minimum absolute atomic E-state index is 0.138. The van der Waals surface area contributed by atoms with Crippen molar-refractivity contribution >= 4 is 23.3 Å². The maximum Gasteiger partial charge on any atom is 0.244 e. The first-order valence-corrected chi connectivity index (χ1v) is 7.31. The van der Waals surface area contributed by atoms with Gasteiger partial charge < -0.3 is 14.8 Å². The van der Waals surface area contributed by atoms with Gasteiger partial charge in [0, 0.05) is 29.1 Å². The molecule has 110 valence electrons. The molecule has 5 heteroatoms. The minimum Gasteiger partial charge on any atom is -0.497 e. The van der Waals surface area contributed by atoms with Gasteiger partial charge in [0.15, 0.2) is 0 Å². The van der Waals surface area contributed by atoms with Crippen LogP contribution in [0.25, 0.3) is 6.08 Å². The van der Waals surface area contributed by atoms with Gasteiger partial charge in [-0.25, -0.2) is 0 Å². The van der Waals surface area contributed by atoms with E-state index >= 15 is 0 Å². The molecule has 21 heavy (non-hydrogen) atoms. The summed E-state index contributed by atoms with van der Waals surface area (Å²) in [6.45, 7) is 0.404. The molecule has 0 spiro atoms. The third-order valence-corrected chi connectivity index (χ3v) is 3.73. The van der Waals surface area contributed by atoms with Gasteiger partial charge in [-0.3, -0.25) is 4.79 Å². The van der Waals surface area contributed by atoms with Crippen LogP contribution in [0.1, 0.15) is 10.4 Å². The summed E-state index contributed by atoms with van der Waals surface area (Å²) < 4.78 is 10.4. The second-order valence-electron chi connectivity index (χ2n) is 4.24. The molecule has 4 nitrogen and oxygen atoms in total. The van der Waals surface area contributed by atoms with E-state index in [-0.39, 0.29) is 5.91 Å². The normalized spacial score (nSPS) is 10.6. The number of hydrogen-bond acceptors (Lipinski definition) is 4. The average Bonchev–Trinajstić information content (AvgIpc) is 3.04. The van der Waals surface area contributed by atoms with Crippen molar-refractivity contribution in [2.45, 2.75) is 6.54 Å². The molecule has 2 aromatic rings. The van der Waals surface area contributed by atoms with E-state index in [2.05, 4.69) is 5.32 Å². The smallest absolute Gasteiger partial charge is 0.244 e. The third kappa shape index (κ3) is 4.36. The van der Waals surface area contributed by atoms with Crippen molar-refractivity contribution in [3.05, 3.63) is 52.2 Å². The molecule has 1 aromatic heterocycles. The van der Waals surface area contributed by atoms with Crippen molar-refractivity contribution in [2.75, 3.05) is 14.2 Å². The van der Waals surface area contributed by atoms with Gasteiger partial charge in [0.05, 0.1) is 14.2 Å². The molecule has 0 bridgehead atoms. The Balaban J connectivity index is 1.94. The zero-order valence-corrected chi connectivity index (χ0v) is 12.8. The van der Waals surface area contributed by atoms with Crippen LogP contribution in [-0.2, 0) is 11.3 Å². The van der Waals surface area contributed by atoms with Crippen molar-refractivity contribution in [2.24, 2.45) is 0 Å². The van der Waals surface area contributed by atoms with Crippen molar-refractivity contribution < 1.29 is 14.3 Å². The van der Waals surface area contributed by atoms with Crippen LogP contribution in [0.15, 0.2) is 41.8 Å². The monoisotopic (exact) mass is 303 g/mol. The zero-order valence-electron chi connectivity index (χ0n) is 12.0. The summed E-state index contributed by atoms with van der Waals surface area (Å²) in [6.07, 6.45) is 3.33. The fraction of sp³-hybridized carbons (Fsp3) is 0.188. The second kappa shape index (κ2) is 7.50. The van der Waals surface area contributed by atoms with Gasteiger partial charge in [0.1, 0.15) is 11.5 Å². The fourth-order valence-corrected chi connectivity index (χ4v) is 2.40. The Morgan fingerprint density at radius 3 is 2.81 bits per heavy atom. The lowest BCUT2D eigenvalue weighted by atomic mass is 10.2. The number of ether oxygens (including phenoxy) is 2. The molecule has 1 N–H and O–H groups in total. The molecule has 1 aromatic carbocycles. The summed E-state index contributed by atoms with van der Waals surface area (Å²) in [4.78, 5) is 12.8. The van der Waals surface area contributed by atoms with E-state index in [0.717, 1.165) is 16.2 Å². The highest BCUT2D eigenvalue weighted by Crippen LogP contribution is 2.24. The van der Waals surface area contributed by atoms with E-state index in [0.29, 0.717) is 12.3 Å². The summed E-state index contributed by atoms with van der Waals surface area (Å²) in [6, 6.07) is 9.42. The van der Waals surface area contributed by atoms with E-state index in [1.807, 2.05) is 29.6 Å². The lowest BCUT2D eigenvalue weighted by molar-refractivity contribution is -0.116. The maximum atomic E-state index is 11.8. The number of hydrogen-bond donors (Lipinski definition) is 1. The van der Waals surface area contributed by atoms with E-state index in [1.165, 1.54) is 6.08 Å². The van der Waals surface area contributed by atoms with E-state index in [1.54, 1.807) is 37.7 Å². The molecule has 1 amide bonds. The van der Waals surface area contributed by atoms with Crippen LogP contribution in [-0.4, -0.2) is 20.1 Å². The SMILES string of the molecule is COc1ccc(CNC(=O)/C=C/c2cccs2)c(OC)c1. The first kappa shape index (κ1) is 15.1. The number of amides is 1. The minimum atomic E-state index is -0.138. The van der Waals surface area contributed by atoms with E-state index in [9.17, 15) is 4.79 Å². The zero-order chi connectivity index (χ0) is 15.1. The molecule has 0 radical (unpaired) electrons. The summed E-state index contributed by atoms with van der Waals surface area (Å²) in [5.41, 5.74) is 0.899. The quantitative estimate of drug-likeness (QED) is 0.834. The van der Waals surface area contributed by atoms with Crippen LogP contribution in [0.2, 0.25) is 0 Å². The largest absolute Gasteiger partial charge is 0.497 e. The molecule has 0 saturated carbocycles. The molecule has 0 aliphatic rings. The fourth-order valence-electron chi connectivity index (χ4n) is 1.78. The molecule has 2 rings (SSSR count). The Bertz CT molecular complexity index is 620. The van der Waals surface area contributed by atoms with Crippen molar-refractivity contribution in [1.82, 2.24) is 5.32 Å². The summed E-state index contributed by atoms with van der Waals surface area (Å²) in [5.74, 6) is 1.28. The molecule has 0 saturated heterocycles. The number of benzene rings is 1. The van der Waals surface area contributed by atoms with Gasteiger partial charge in [-0.05, 0) is 29.7 Å². The van der Waals surface area contributed by atoms with Gasteiger partial charge in [0.2, 0.25) is 5.91 Å². The summed E-state index contributed by atoms with van der Waals surface area (Å²) >= 11 is 1.59. The summed E-state index contributed by atoms with van der Waals surface area (Å²) in [7, 11) is 3.20. The van der Waals surface area contributed by atoms with Crippen LogP contribution in [0, 0.1) is 0 Å². The standard InChI is InChI=1S/C16H17NO3S/c1-19-13-6-5-12(15(10-13)20-2)11-17-16(18)8-7-14-4-3-9-21-14/h3-10H,11H2,1-2H3,(H,17,18)/b8-7+. The van der Waals surface area contributed by atoms with Gasteiger partial charge in [-0.2, -0.15) is 0 Å². The first-order valence-electron chi connectivity index (χ1n) is 6.43. The average molecular weight is 303 g/mol. The molecule has 0 fully saturated rings. The Kier molecular flexibility index (Phi) is 5.40. The van der Waals surface area contributed by atoms with Gasteiger partial charge in [-0.15, -0.1) is 11.3 Å². The lowest BCUT2D eigenvalue weighted by Gasteiger charge is -2.10. The van der Waals surface area contributed by atoms with Gasteiger partial charge in [0.25, 0.3) is 0 Å². The molecule has 0 unspecified atom stereocenters. The Morgan fingerprint density at radius 2 is 2.14 bits per heavy atom. The van der Waals surface area contributed by atoms with Crippen molar-refractivity contribution in [3.8, 4) is 11.5 Å². The number of carbonyl (C=O) groups excluding carboxylic acids is 1. The number of nitrogens with one attached hydrogen (secondary N) is 1. The topological polar surface area (TPSA) is 47.6 Å². The number of methoxy groups -OCH3 is 2. The number of thiophene rings is 1. The second-order valence-corrected chi connectivity index (χ2v) is 5.22. The molecule has 1 heterocycles.